The van der Waals surface area contributed by atoms with Crippen LogP contribution in [-0.2, 0) is 6.54 Å². The number of ether oxygens (including phenoxy) is 1. The summed E-state index contributed by atoms with van der Waals surface area (Å²) in [7, 11) is 3.19. The van der Waals surface area contributed by atoms with Crippen LogP contribution in [-0.4, -0.2) is 25.0 Å². The van der Waals surface area contributed by atoms with Crippen molar-refractivity contribution in [2.45, 2.75) is 6.54 Å². The maximum absolute atomic E-state index is 12.9. The summed E-state index contributed by atoms with van der Waals surface area (Å²) in [6.07, 6.45) is 0. The van der Waals surface area contributed by atoms with Crippen molar-refractivity contribution in [3.63, 3.8) is 0 Å². The molecule has 2 aromatic carbocycles. The molecule has 0 aliphatic carbocycles. The highest BCUT2D eigenvalue weighted by molar-refractivity contribution is 5.95. The minimum Gasteiger partial charge on any atom is -0.495 e. The van der Waals surface area contributed by atoms with Crippen LogP contribution in [0.5, 0.6) is 5.75 Å². The molecule has 0 unspecified atom stereocenters. The van der Waals surface area contributed by atoms with Crippen LogP contribution in [0.1, 0.15) is 15.9 Å². The number of hydrogen-bond acceptors (Lipinski definition) is 3. The van der Waals surface area contributed by atoms with Gasteiger partial charge in [-0.25, -0.2) is 4.39 Å². The molecule has 0 saturated heterocycles. The summed E-state index contributed by atoms with van der Waals surface area (Å²) in [6.45, 7) is 0.395. The lowest BCUT2D eigenvalue weighted by molar-refractivity contribution is 0.0785. The Labute approximate surface area is 122 Å². The number of carbonyl (C=O) groups excluding carboxylic acids is 1. The van der Waals surface area contributed by atoms with E-state index in [4.69, 9.17) is 10.5 Å². The van der Waals surface area contributed by atoms with E-state index >= 15 is 0 Å². The van der Waals surface area contributed by atoms with E-state index in [1.54, 1.807) is 42.3 Å². The predicted molar refractivity (Wildman–Crippen MR) is 79.6 cm³/mol. The van der Waals surface area contributed by atoms with E-state index in [9.17, 15) is 9.18 Å². The van der Waals surface area contributed by atoms with E-state index in [1.807, 2.05) is 0 Å². The van der Waals surface area contributed by atoms with Crippen LogP contribution in [0.3, 0.4) is 0 Å². The predicted octanol–water partition coefficient (Wildman–Crippen LogP) is 2.69. The van der Waals surface area contributed by atoms with Gasteiger partial charge in [-0.15, -0.1) is 0 Å². The Morgan fingerprint density at radius 3 is 2.52 bits per heavy atom. The van der Waals surface area contributed by atoms with Gasteiger partial charge in [0.1, 0.15) is 11.6 Å². The fourth-order valence-electron chi connectivity index (χ4n) is 2.00. The molecule has 1 amide bonds. The average molecular weight is 288 g/mol. The number of methoxy groups -OCH3 is 1. The van der Waals surface area contributed by atoms with Gasteiger partial charge in [0.25, 0.3) is 5.91 Å². The van der Waals surface area contributed by atoms with Gasteiger partial charge in [-0.05, 0) is 35.9 Å². The van der Waals surface area contributed by atoms with Gasteiger partial charge < -0.3 is 15.4 Å². The lowest BCUT2D eigenvalue weighted by Gasteiger charge is -2.18. The number of rotatable bonds is 4. The molecule has 0 radical (unpaired) electrons. The summed E-state index contributed by atoms with van der Waals surface area (Å²) in [4.78, 5) is 13.9. The van der Waals surface area contributed by atoms with Crippen molar-refractivity contribution in [2.75, 3.05) is 19.9 Å². The lowest BCUT2D eigenvalue weighted by atomic mass is 10.1. The largest absolute Gasteiger partial charge is 0.495 e. The number of anilines is 1. The maximum Gasteiger partial charge on any atom is 0.254 e. The van der Waals surface area contributed by atoms with Crippen molar-refractivity contribution in [2.24, 2.45) is 0 Å². The zero-order valence-corrected chi connectivity index (χ0v) is 12.0. The summed E-state index contributed by atoms with van der Waals surface area (Å²) in [6, 6.07) is 11.0. The zero-order chi connectivity index (χ0) is 15.4. The molecule has 0 aromatic heterocycles. The molecule has 2 N–H and O–H groups in total. The normalized spacial score (nSPS) is 10.2. The maximum atomic E-state index is 12.9. The molecule has 0 atom stereocenters. The first-order chi connectivity index (χ1) is 10.0. The summed E-state index contributed by atoms with van der Waals surface area (Å²) >= 11 is 0. The van der Waals surface area contributed by atoms with Gasteiger partial charge in [-0.2, -0.15) is 0 Å². The Morgan fingerprint density at radius 1 is 1.24 bits per heavy atom. The minimum absolute atomic E-state index is 0.155. The molecule has 0 aliphatic rings. The number of carbonyl (C=O) groups is 1. The molecule has 0 bridgehead atoms. The van der Waals surface area contributed by atoms with Crippen molar-refractivity contribution in [3.05, 3.63) is 59.4 Å². The zero-order valence-electron chi connectivity index (χ0n) is 12.0. The molecule has 110 valence electrons. The smallest absolute Gasteiger partial charge is 0.254 e. The first-order valence-electron chi connectivity index (χ1n) is 6.44. The number of nitrogens with zero attached hydrogens (tertiary/aromatic N) is 1. The van der Waals surface area contributed by atoms with Gasteiger partial charge in [-0.1, -0.05) is 12.1 Å². The van der Waals surface area contributed by atoms with Gasteiger partial charge in [0.15, 0.2) is 0 Å². The van der Waals surface area contributed by atoms with Gasteiger partial charge >= 0.3 is 0 Å². The molecular weight excluding hydrogens is 271 g/mol. The summed E-state index contributed by atoms with van der Waals surface area (Å²) in [5.41, 5.74) is 7.56. The van der Waals surface area contributed by atoms with Crippen molar-refractivity contribution in [1.29, 1.82) is 0 Å². The Hall–Kier alpha value is -2.56. The number of amides is 1. The van der Waals surface area contributed by atoms with Crippen LogP contribution < -0.4 is 10.5 Å². The lowest BCUT2D eigenvalue weighted by Crippen LogP contribution is -2.26. The van der Waals surface area contributed by atoms with E-state index in [1.165, 1.54) is 19.2 Å². The number of nitrogens with two attached hydrogens (primary N) is 1. The Balaban J connectivity index is 2.13. The highest BCUT2D eigenvalue weighted by Gasteiger charge is 2.14. The van der Waals surface area contributed by atoms with E-state index < -0.39 is 0 Å². The molecule has 0 saturated carbocycles. The van der Waals surface area contributed by atoms with E-state index in [0.717, 1.165) is 5.56 Å². The molecule has 2 aromatic rings. The SMILES string of the molecule is COc1cc(C(=O)N(C)Cc2ccc(F)cc2)ccc1N. The van der Waals surface area contributed by atoms with Gasteiger partial charge in [0, 0.05) is 19.2 Å². The summed E-state index contributed by atoms with van der Waals surface area (Å²) in [5.74, 6) is 0.0182. The quantitative estimate of drug-likeness (QED) is 0.880. The second-order valence-corrected chi connectivity index (χ2v) is 4.74. The third-order valence-corrected chi connectivity index (χ3v) is 3.16. The van der Waals surface area contributed by atoms with E-state index in [0.29, 0.717) is 23.5 Å². The molecule has 5 heteroatoms. The summed E-state index contributed by atoms with van der Waals surface area (Å²) in [5, 5.41) is 0. The fourth-order valence-corrected chi connectivity index (χ4v) is 2.00. The van der Waals surface area contributed by atoms with Crippen molar-refractivity contribution >= 4 is 11.6 Å². The van der Waals surface area contributed by atoms with Crippen LogP contribution in [0.4, 0.5) is 10.1 Å². The molecule has 21 heavy (non-hydrogen) atoms. The number of nitrogen functional groups attached to an aromatic ring is 1. The Bertz CT molecular complexity index is 641. The number of benzene rings is 2. The second kappa shape index (κ2) is 6.26. The molecule has 0 spiro atoms. The van der Waals surface area contributed by atoms with Crippen LogP contribution in [0.2, 0.25) is 0 Å². The first kappa shape index (κ1) is 14.8. The van der Waals surface area contributed by atoms with Crippen LogP contribution in [0, 0.1) is 5.82 Å². The van der Waals surface area contributed by atoms with E-state index in [2.05, 4.69) is 0 Å². The first-order valence-corrected chi connectivity index (χ1v) is 6.44. The highest BCUT2D eigenvalue weighted by Crippen LogP contribution is 2.23. The van der Waals surface area contributed by atoms with Crippen LogP contribution >= 0.6 is 0 Å². The van der Waals surface area contributed by atoms with Gasteiger partial charge in [0.05, 0.1) is 12.8 Å². The highest BCUT2D eigenvalue weighted by atomic mass is 19.1. The van der Waals surface area contributed by atoms with E-state index in [-0.39, 0.29) is 11.7 Å². The minimum atomic E-state index is -0.295. The molecule has 0 aliphatic heterocycles. The third kappa shape index (κ3) is 3.51. The monoisotopic (exact) mass is 288 g/mol. The number of hydrogen-bond donors (Lipinski definition) is 1. The molecular formula is C16H17FN2O2. The molecule has 0 heterocycles. The Kier molecular flexibility index (Phi) is 4.42. The van der Waals surface area contributed by atoms with Crippen LogP contribution in [0.25, 0.3) is 0 Å². The van der Waals surface area contributed by atoms with Crippen molar-refractivity contribution in [1.82, 2.24) is 4.90 Å². The van der Waals surface area contributed by atoms with Crippen LogP contribution in [0.15, 0.2) is 42.5 Å². The van der Waals surface area contributed by atoms with Gasteiger partial charge in [-0.3, -0.25) is 4.79 Å². The van der Waals surface area contributed by atoms with Crippen molar-refractivity contribution < 1.29 is 13.9 Å². The van der Waals surface area contributed by atoms with Crippen molar-refractivity contribution in [3.8, 4) is 5.75 Å². The van der Waals surface area contributed by atoms with Gasteiger partial charge in [0.2, 0.25) is 0 Å². The third-order valence-electron chi connectivity index (χ3n) is 3.16. The molecule has 0 fully saturated rings. The second-order valence-electron chi connectivity index (χ2n) is 4.74. The topological polar surface area (TPSA) is 55.6 Å². The fraction of sp³-hybridized carbons (Fsp3) is 0.188. The number of halogens is 1. The Morgan fingerprint density at radius 2 is 1.90 bits per heavy atom. The standard InChI is InChI=1S/C16H17FN2O2/c1-19(10-11-3-6-13(17)7-4-11)16(20)12-5-8-14(18)15(9-12)21-2/h3-9H,10,18H2,1-2H3. The average Bonchev–Trinajstić information content (AvgIpc) is 2.49. The molecule has 4 nitrogen and oxygen atoms in total. The molecule has 2 rings (SSSR count). The summed E-state index contributed by atoms with van der Waals surface area (Å²) < 4.78 is 18.0.